The highest BCUT2D eigenvalue weighted by molar-refractivity contribution is 7.18. The molecule has 198 valence electrons. The second-order valence-corrected chi connectivity index (χ2v) is 12.5. The summed E-state index contributed by atoms with van der Waals surface area (Å²) in [5, 5.41) is 2.54. The zero-order valence-corrected chi connectivity index (χ0v) is 22.6. The summed E-state index contributed by atoms with van der Waals surface area (Å²) in [4.78, 5) is 36.1. The van der Waals surface area contributed by atoms with Gasteiger partial charge in [-0.25, -0.2) is 14.8 Å². The number of nitrogens with zero attached hydrogens (tertiary/aromatic N) is 3. The van der Waals surface area contributed by atoms with E-state index in [1.807, 2.05) is 24.4 Å². The van der Waals surface area contributed by atoms with Crippen LogP contribution in [-0.4, -0.2) is 64.8 Å². The highest BCUT2D eigenvalue weighted by atomic mass is 35.5. The van der Waals surface area contributed by atoms with Crippen molar-refractivity contribution in [3.8, 4) is 17.0 Å². The summed E-state index contributed by atoms with van der Waals surface area (Å²) in [5.41, 5.74) is 2.85. The van der Waals surface area contributed by atoms with Gasteiger partial charge in [0, 0.05) is 57.9 Å². The van der Waals surface area contributed by atoms with E-state index in [1.54, 1.807) is 11.0 Å². The summed E-state index contributed by atoms with van der Waals surface area (Å²) in [6.07, 6.45) is 4.93. The van der Waals surface area contributed by atoms with Crippen LogP contribution in [0.3, 0.4) is 0 Å². The molecule has 8 nitrogen and oxygen atoms in total. The first-order valence-corrected chi connectivity index (χ1v) is 14.4. The molecular weight excluding hydrogens is 526 g/mol. The molecule has 0 radical (unpaired) electrons. The maximum absolute atomic E-state index is 12.8. The zero-order valence-electron chi connectivity index (χ0n) is 21.0. The fraction of sp³-hybridized carbons (Fsp3) is 0.500. The second-order valence-electron chi connectivity index (χ2n) is 11.2. The van der Waals surface area contributed by atoms with Crippen LogP contribution in [0.2, 0.25) is 5.02 Å². The van der Waals surface area contributed by atoms with Crippen LogP contribution in [0.4, 0.5) is 4.79 Å². The average Bonchev–Trinajstić information content (AvgIpc) is 3.82. The predicted octanol–water partition coefficient (Wildman–Crippen LogP) is 5.62. The van der Waals surface area contributed by atoms with Gasteiger partial charge in [0.15, 0.2) is 5.78 Å². The van der Waals surface area contributed by atoms with E-state index >= 15 is 0 Å². The molecule has 3 aromatic rings. The predicted molar refractivity (Wildman–Crippen MR) is 143 cm³/mol. The van der Waals surface area contributed by atoms with E-state index in [0.29, 0.717) is 42.8 Å². The van der Waals surface area contributed by atoms with Crippen molar-refractivity contribution in [2.24, 2.45) is 17.8 Å². The summed E-state index contributed by atoms with van der Waals surface area (Å²) in [5.74, 6) is 0.902. The van der Waals surface area contributed by atoms with Gasteiger partial charge in [0.2, 0.25) is 5.88 Å². The van der Waals surface area contributed by atoms with E-state index in [0.717, 1.165) is 47.0 Å². The Bertz CT molecular complexity index is 1420. The number of halogens is 1. The number of ether oxygens (including phenoxy) is 3. The molecule has 1 amide bonds. The Hall–Kier alpha value is -2.75. The van der Waals surface area contributed by atoms with Gasteiger partial charge in [-0.3, -0.25) is 4.79 Å². The van der Waals surface area contributed by atoms with Crippen LogP contribution >= 0.6 is 22.9 Å². The van der Waals surface area contributed by atoms with Gasteiger partial charge < -0.3 is 19.1 Å². The van der Waals surface area contributed by atoms with E-state index in [1.165, 1.54) is 17.7 Å². The molecular formula is C28H28ClN3O5S. The van der Waals surface area contributed by atoms with Crippen LogP contribution in [0.1, 0.15) is 43.0 Å². The number of piperidine rings is 1. The number of carbonyl (C=O) groups excluding carboxylic acids is 2. The largest absolute Gasteiger partial charge is 0.472 e. The van der Waals surface area contributed by atoms with Gasteiger partial charge in [0.05, 0.1) is 18.7 Å². The summed E-state index contributed by atoms with van der Waals surface area (Å²) in [7, 11) is 0. The summed E-state index contributed by atoms with van der Waals surface area (Å²) >= 11 is 8.17. The van der Waals surface area contributed by atoms with E-state index in [4.69, 9.17) is 25.8 Å². The number of ketones is 1. The minimum absolute atomic E-state index is 0.0255. The van der Waals surface area contributed by atoms with Gasteiger partial charge in [-0.2, -0.15) is 0 Å². The van der Waals surface area contributed by atoms with Gasteiger partial charge in [0.1, 0.15) is 22.7 Å². The van der Waals surface area contributed by atoms with E-state index in [2.05, 4.69) is 9.97 Å². The topological polar surface area (TPSA) is 90.8 Å². The Kier molecular flexibility index (Phi) is 5.87. The maximum atomic E-state index is 12.8. The summed E-state index contributed by atoms with van der Waals surface area (Å²) < 4.78 is 18.9. The highest BCUT2D eigenvalue weighted by Gasteiger charge is 2.47. The Labute approximate surface area is 229 Å². The summed E-state index contributed by atoms with van der Waals surface area (Å²) in [6.45, 7) is 4.08. The number of rotatable bonds is 6. The van der Waals surface area contributed by atoms with E-state index < -0.39 is 0 Å². The normalized spacial score (nSPS) is 25.7. The molecule has 4 fully saturated rings. The lowest BCUT2D eigenvalue weighted by Gasteiger charge is -2.46. The lowest BCUT2D eigenvalue weighted by Crippen LogP contribution is -2.59. The quantitative estimate of drug-likeness (QED) is 0.366. The van der Waals surface area contributed by atoms with Crippen LogP contribution < -0.4 is 4.74 Å². The zero-order chi connectivity index (χ0) is 26.0. The molecule has 2 saturated heterocycles. The van der Waals surface area contributed by atoms with Gasteiger partial charge in [-0.15, -0.1) is 11.3 Å². The second kappa shape index (κ2) is 9.17. The van der Waals surface area contributed by atoms with E-state index in [-0.39, 0.29) is 41.3 Å². The van der Waals surface area contributed by atoms with Crippen LogP contribution in [-0.2, 0) is 9.47 Å². The number of Topliss-reactive ketones (excluding diaryl/α,β-unsaturated/α-hetero) is 1. The first kappa shape index (κ1) is 24.3. The first-order chi connectivity index (χ1) is 18.4. The van der Waals surface area contributed by atoms with Crippen molar-refractivity contribution in [1.82, 2.24) is 14.9 Å². The molecule has 2 bridgehead atoms. The molecule has 2 aliphatic heterocycles. The lowest BCUT2D eigenvalue weighted by molar-refractivity contribution is -0.111. The third-order valence-electron chi connectivity index (χ3n) is 8.11. The van der Waals surface area contributed by atoms with Crippen molar-refractivity contribution in [3.63, 3.8) is 0 Å². The van der Waals surface area contributed by atoms with Crippen molar-refractivity contribution in [2.75, 3.05) is 26.3 Å². The smallest absolute Gasteiger partial charge is 0.410 e. The monoisotopic (exact) mass is 553 g/mol. The number of likely N-dealkylation sites (tertiary alicyclic amines) is 1. The van der Waals surface area contributed by atoms with Crippen LogP contribution in [0.15, 0.2) is 29.9 Å². The molecule has 2 atom stereocenters. The number of fused-ring (bicyclic) bond motifs is 3. The lowest BCUT2D eigenvalue weighted by atomic mass is 9.84. The number of amides is 1. The molecule has 4 heterocycles. The minimum Gasteiger partial charge on any atom is -0.472 e. The molecule has 4 aliphatic rings. The Balaban J connectivity index is 1.12. The molecule has 7 rings (SSSR count). The highest BCUT2D eigenvalue weighted by Crippen LogP contribution is 2.43. The van der Waals surface area contributed by atoms with Crippen molar-refractivity contribution >= 4 is 45.0 Å². The Morgan fingerprint density at radius 3 is 2.58 bits per heavy atom. The van der Waals surface area contributed by atoms with Crippen molar-refractivity contribution < 1.29 is 23.8 Å². The van der Waals surface area contributed by atoms with Crippen LogP contribution in [0.5, 0.6) is 5.88 Å². The molecule has 38 heavy (non-hydrogen) atoms. The molecule has 2 saturated carbocycles. The van der Waals surface area contributed by atoms with Crippen molar-refractivity contribution in [3.05, 3.63) is 40.5 Å². The number of aromatic nitrogens is 2. The number of carbonyl (C=O) groups is 2. The minimum atomic E-state index is -0.296. The van der Waals surface area contributed by atoms with Crippen molar-refractivity contribution in [2.45, 2.75) is 44.3 Å². The third-order valence-corrected chi connectivity index (χ3v) is 9.38. The maximum Gasteiger partial charge on any atom is 0.410 e. The standard InChI is InChI=1S/C28H28ClN3O5S/c1-28(6-7-28)37-27(34)32-9-17-11-35-12-18(10-32)24(17)36-26-25-22(30-14-31-26)20(13-38-25)19-5-4-16(8-21(19)29)23(33)15-2-3-15/h4-5,8,13-15,17-18,24H,2-3,6-7,9-12H2,1H3. The molecule has 0 N–H and O–H groups in total. The molecule has 2 aliphatic carbocycles. The number of hydrogen-bond acceptors (Lipinski definition) is 8. The van der Waals surface area contributed by atoms with Crippen LogP contribution in [0.25, 0.3) is 21.3 Å². The van der Waals surface area contributed by atoms with Gasteiger partial charge in [0.25, 0.3) is 0 Å². The SMILES string of the molecule is CC1(OC(=O)N2CC3COCC(C2)C3Oc2ncnc3c(-c4ccc(C(=O)C5CC5)cc4Cl)csc23)CC1. The molecule has 2 aromatic heterocycles. The van der Waals surface area contributed by atoms with Gasteiger partial charge >= 0.3 is 6.09 Å². The molecule has 0 spiro atoms. The Morgan fingerprint density at radius 1 is 1.13 bits per heavy atom. The number of benzene rings is 1. The molecule has 10 heteroatoms. The van der Waals surface area contributed by atoms with Crippen LogP contribution in [0, 0.1) is 17.8 Å². The summed E-state index contributed by atoms with van der Waals surface area (Å²) in [6, 6.07) is 5.53. The first-order valence-electron chi connectivity index (χ1n) is 13.2. The Morgan fingerprint density at radius 2 is 1.89 bits per heavy atom. The molecule has 2 unspecified atom stereocenters. The average molecular weight is 554 g/mol. The van der Waals surface area contributed by atoms with Gasteiger partial charge in [-0.05, 0) is 38.7 Å². The number of thiophene rings is 1. The fourth-order valence-electron chi connectivity index (χ4n) is 5.50. The third kappa shape index (κ3) is 4.44. The fourth-order valence-corrected chi connectivity index (χ4v) is 6.73. The molecule has 1 aromatic carbocycles. The number of hydrogen-bond donors (Lipinski definition) is 0. The van der Waals surface area contributed by atoms with Gasteiger partial charge in [-0.1, -0.05) is 23.7 Å². The van der Waals surface area contributed by atoms with E-state index in [9.17, 15) is 9.59 Å². The van der Waals surface area contributed by atoms with Crippen molar-refractivity contribution in [1.29, 1.82) is 0 Å².